The molecular weight excluding hydrogens is 254 g/mol. The van der Waals surface area contributed by atoms with E-state index in [-0.39, 0.29) is 11.8 Å². The Bertz CT molecular complexity index is 437. The number of sulfone groups is 1. The molecule has 0 aliphatic carbocycles. The Labute approximate surface area is 108 Å². The average Bonchev–Trinajstić information content (AvgIpc) is 2.71. The van der Waals surface area contributed by atoms with Crippen LogP contribution in [0.3, 0.4) is 0 Å². The number of nitrogens with one attached hydrogen (secondary N) is 1. The fourth-order valence-electron chi connectivity index (χ4n) is 1.63. The minimum atomic E-state index is -2.96. The van der Waals surface area contributed by atoms with Crippen LogP contribution >= 0.6 is 11.3 Å². The second kappa shape index (κ2) is 6.52. The first-order chi connectivity index (χ1) is 7.96. The second-order valence-corrected chi connectivity index (χ2v) is 7.64. The van der Waals surface area contributed by atoms with Crippen LogP contribution in [-0.2, 0) is 16.3 Å². The molecule has 1 N–H and O–H groups in total. The lowest BCUT2D eigenvalue weighted by Gasteiger charge is -2.15. The van der Waals surface area contributed by atoms with E-state index in [1.807, 2.05) is 6.07 Å². The van der Waals surface area contributed by atoms with Crippen molar-refractivity contribution in [3.8, 4) is 0 Å². The molecule has 0 spiro atoms. The van der Waals surface area contributed by atoms with Crippen molar-refractivity contribution in [3.63, 3.8) is 0 Å². The molecule has 0 aliphatic heterocycles. The monoisotopic (exact) mass is 275 g/mol. The molecule has 0 saturated carbocycles. The quantitative estimate of drug-likeness (QED) is 0.831. The van der Waals surface area contributed by atoms with E-state index in [1.165, 1.54) is 11.1 Å². The van der Waals surface area contributed by atoms with E-state index in [4.69, 9.17) is 0 Å². The first-order valence-corrected chi connectivity index (χ1v) is 8.83. The van der Waals surface area contributed by atoms with Crippen LogP contribution < -0.4 is 5.32 Å². The summed E-state index contributed by atoms with van der Waals surface area (Å²) in [6, 6.07) is 4.07. The molecule has 0 saturated heterocycles. The first kappa shape index (κ1) is 14.7. The molecule has 3 nitrogen and oxygen atoms in total. The van der Waals surface area contributed by atoms with Gasteiger partial charge in [-0.1, -0.05) is 13.8 Å². The molecule has 0 fully saturated rings. The van der Waals surface area contributed by atoms with Crippen molar-refractivity contribution in [2.45, 2.75) is 32.7 Å². The highest BCUT2D eigenvalue weighted by Gasteiger charge is 2.18. The highest BCUT2D eigenvalue weighted by atomic mass is 32.2. The molecule has 98 valence electrons. The van der Waals surface area contributed by atoms with E-state index >= 15 is 0 Å². The van der Waals surface area contributed by atoms with E-state index in [0.29, 0.717) is 0 Å². The second-order valence-electron chi connectivity index (χ2n) is 4.26. The molecule has 1 heterocycles. The lowest BCUT2D eigenvalue weighted by Crippen LogP contribution is -2.27. The molecular formula is C12H21NO2S2. The van der Waals surface area contributed by atoms with Crippen LogP contribution in [0.5, 0.6) is 0 Å². The van der Waals surface area contributed by atoms with Gasteiger partial charge >= 0.3 is 0 Å². The molecule has 0 bridgehead atoms. The highest BCUT2D eigenvalue weighted by Crippen LogP contribution is 2.24. The molecule has 1 aromatic heterocycles. The van der Waals surface area contributed by atoms with E-state index in [0.717, 1.165) is 24.3 Å². The van der Waals surface area contributed by atoms with Crippen molar-refractivity contribution in [3.05, 3.63) is 21.9 Å². The third-order valence-electron chi connectivity index (χ3n) is 2.48. The first-order valence-electron chi connectivity index (χ1n) is 5.96. The number of thiophene rings is 1. The Kier molecular flexibility index (Phi) is 5.62. The Hall–Kier alpha value is -0.390. The zero-order valence-corrected chi connectivity index (χ0v) is 12.3. The Morgan fingerprint density at radius 1 is 1.35 bits per heavy atom. The number of hydrogen-bond donors (Lipinski definition) is 1. The molecule has 0 aliphatic rings. The predicted molar refractivity (Wildman–Crippen MR) is 74.4 cm³/mol. The molecule has 1 rings (SSSR count). The summed E-state index contributed by atoms with van der Waals surface area (Å²) in [5, 5.41) is 3.31. The maximum Gasteiger partial charge on any atom is 0.149 e. The molecule has 1 aromatic rings. The Morgan fingerprint density at radius 2 is 2.06 bits per heavy atom. The van der Waals surface area contributed by atoms with Gasteiger partial charge < -0.3 is 5.32 Å². The fraction of sp³-hybridized carbons (Fsp3) is 0.667. The lowest BCUT2D eigenvalue weighted by molar-refractivity contribution is 0.554. The van der Waals surface area contributed by atoms with E-state index in [1.54, 1.807) is 11.3 Å². The van der Waals surface area contributed by atoms with Crippen molar-refractivity contribution in [1.29, 1.82) is 0 Å². The number of aryl methyl sites for hydroxylation is 1. The van der Waals surface area contributed by atoms with Gasteiger partial charge in [0.15, 0.2) is 0 Å². The van der Waals surface area contributed by atoms with Gasteiger partial charge in [-0.05, 0) is 31.5 Å². The molecule has 1 unspecified atom stereocenters. The van der Waals surface area contributed by atoms with Gasteiger partial charge in [-0.15, -0.1) is 11.3 Å². The summed E-state index contributed by atoms with van der Waals surface area (Å²) in [6.45, 7) is 5.04. The predicted octanol–water partition coefficient (Wildman–Crippen LogP) is 2.40. The summed E-state index contributed by atoms with van der Waals surface area (Å²) in [7, 11) is -2.96. The van der Waals surface area contributed by atoms with Crippen LogP contribution in [0, 0.1) is 0 Å². The summed E-state index contributed by atoms with van der Waals surface area (Å²) < 4.78 is 22.8. The largest absolute Gasteiger partial charge is 0.308 e. The van der Waals surface area contributed by atoms with Gasteiger partial charge in [-0.2, -0.15) is 0 Å². The van der Waals surface area contributed by atoms with Crippen LogP contribution in [0.2, 0.25) is 0 Å². The van der Waals surface area contributed by atoms with Crippen molar-refractivity contribution in [2.75, 3.05) is 18.6 Å². The molecule has 0 aromatic carbocycles. The fourth-order valence-corrected chi connectivity index (χ4v) is 3.67. The molecule has 17 heavy (non-hydrogen) atoms. The maximum absolute atomic E-state index is 11.4. The summed E-state index contributed by atoms with van der Waals surface area (Å²) in [4.78, 5) is 2.43. The van der Waals surface area contributed by atoms with Gasteiger partial charge in [0, 0.05) is 16.0 Å². The minimum absolute atomic E-state index is 0.0600. The van der Waals surface area contributed by atoms with E-state index < -0.39 is 9.84 Å². The number of hydrogen-bond acceptors (Lipinski definition) is 4. The van der Waals surface area contributed by atoms with Gasteiger partial charge in [0.2, 0.25) is 0 Å². The Balaban J connectivity index is 2.81. The molecule has 5 heteroatoms. The zero-order valence-electron chi connectivity index (χ0n) is 10.7. The SMILES string of the molecule is CCCNC(CS(C)(=O)=O)c1ccc(CC)s1. The maximum atomic E-state index is 11.4. The van der Waals surface area contributed by atoms with Gasteiger partial charge in [-0.3, -0.25) is 0 Å². The van der Waals surface area contributed by atoms with Crippen LogP contribution in [0.4, 0.5) is 0 Å². The number of rotatable bonds is 7. The van der Waals surface area contributed by atoms with E-state index in [2.05, 4.69) is 25.2 Å². The summed E-state index contributed by atoms with van der Waals surface area (Å²) >= 11 is 1.71. The molecule has 0 amide bonds. The van der Waals surface area contributed by atoms with Gasteiger partial charge in [-0.25, -0.2) is 8.42 Å². The average molecular weight is 275 g/mol. The zero-order chi connectivity index (χ0) is 12.9. The van der Waals surface area contributed by atoms with Crippen LogP contribution in [-0.4, -0.2) is 27.0 Å². The van der Waals surface area contributed by atoms with Gasteiger partial charge in [0.05, 0.1) is 11.8 Å². The van der Waals surface area contributed by atoms with Gasteiger partial charge in [0.1, 0.15) is 9.84 Å². The van der Waals surface area contributed by atoms with Crippen molar-refractivity contribution < 1.29 is 8.42 Å². The summed E-state index contributed by atoms with van der Waals surface area (Å²) in [6.07, 6.45) is 3.30. The summed E-state index contributed by atoms with van der Waals surface area (Å²) in [5.74, 6) is 0.177. The topological polar surface area (TPSA) is 46.2 Å². The normalized spacial score (nSPS) is 13.8. The molecule has 1 atom stereocenters. The van der Waals surface area contributed by atoms with Crippen molar-refractivity contribution in [1.82, 2.24) is 5.32 Å². The van der Waals surface area contributed by atoms with Gasteiger partial charge in [0.25, 0.3) is 0 Å². The lowest BCUT2D eigenvalue weighted by atomic mass is 10.2. The molecule has 0 radical (unpaired) electrons. The third-order valence-corrected chi connectivity index (χ3v) is 4.77. The summed E-state index contributed by atoms with van der Waals surface area (Å²) in [5.41, 5.74) is 0. The van der Waals surface area contributed by atoms with Crippen molar-refractivity contribution in [2.24, 2.45) is 0 Å². The van der Waals surface area contributed by atoms with Crippen molar-refractivity contribution >= 4 is 21.2 Å². The highest BCUT2D eigenvalue weighted by molar-refractivity contribution is 7.90. The smallest absolute Gasteiger partial charge is 0.149 e. The Morgan fingerprint density at radius 3 is 2.53 bits per heavy atom. The third kappa shape index (κ3) is 5.19. The minimum Gasteiger partial charge on any atom is -0.308 e. The standard InChI is InChI=1S/C12H21NO2S2/c1-4-8-13-11(9-17(3,14)15)12-7-6-10(5-2)16-12/h6-7,11,13H,4-5,8-9H2,1-3H3. The van der Waals surface area contributed by atoms with Crippen LogP contribution in [0.1, 0.15) is 36.1 Å². The van der Waals surface area contributed by atoms with E-state index in [9.17, 15) is 8.42 Å². The van der Waals surface area contributed by atoms with Crippen LogP contribution in [0.15, 0.2) is 12.1 Å². The van der Waals surface area contributed by atoms with Crippen LogP contribution in [0.25, 0.3) is 0 Å².